The summed E-state index contributed by atoms with van der Waals surface area (Å²) in [5.74, 6) is 23.8. The van der Waals surface area contributed by atoms with E-state index in [1.54, 1.807) is 38.5 Å². The fourth-order valence-electron chi connectivity index (χ4n) is 38.5. The van der Waals surface area contributed by atoms with Crippen molar-refractivity contribution in [1.82, 2.24) is 34.3 Å². The van der Waals surface area contributed by atoms with Crippen molar-refractivity contribution >= 4 is 0 Å². The smallest absolute Gasteiger partial charge is 0.0613 e. The lowest BCUT2D eigenvalue weighted by Gasteiger charge is -2.52. The third-order valence-corrected chi connectivity index (χ3v) is 45.9. The van der Waals surface area contributed by atoms with E-state index in [0.717, 1.165) is 184 Å². The number of nitrogens with zero attached hydrogens (tertiary/aromatic N) is 7. The molecule has 0 spiro atoms. The van der Waals surface area contributed by atoms with E-state index in [4.69, 9.17) is 4.74 Å². The van der Waals surface area contributed by atoms with Crippen LogP contribution in [0.25, 0.3) is 0 Å². The second-order valence-corrected chi connectivity index (χ2v) is 69.2. The normalized spacial score (nSPS) is 40.8. The van der Waals surface area contributed by atoms with Crippen LogP contribution in [-0.2, 0) is 4.74 Å². The highest BCUT2D eigenvalue weighted by molar-refractivity contribution is 5.07. The number of fused-ring (bicyclic) bond motifs is 26. The van der Waals surface area contributed by atoms with E-state index < -0.39 is 0 Å². The minimum atomic E-state index is 0.407. The predicted molar refractivity (Wildman–Crippen MR) is 627 cm³/mol. The summed E-state index contributed by atoms with van der Waals surface area (Å²) in [7, 11) is 9.22. The Morgan fingerprint density at radius 1 is 0.236 bits per heavy atom. The van der Waals surface area contributed by atoms with Gasteiger partial charge >= 0.3 is 0 Å². The van der Waals surface area contributed by atoms with Gasteiger partial charge in [0.1, 0.15) is 0 Å². The first-order chi connectivity index (χ1) is 66.5. The topological polar surface area (TPSA) is 31.9 Å². The Balaban J connectivity index is 0.000000132. The molecule has 0 aromatic heterocycles. The van der Waals surface area contributed by atoms with Crippen LogP contribution >= 0.6 is 0 Å². The molecule has 144 heavy (non-hydrogen) atoms. The monoisotopic (exact) mass is 2000 g/mol. The van der Waals surface area contributed by atoms with Gasteiger partial charge in [-0.25, -0.2) is 0 Å². The van der Waals surface area contributed by atoms with E-state index in [2.05, 4.69) is 312 Å². The molecule has 25 atom stereocenters. The molecule has 15 saturated heterocycles. The lowest BCUT2D eigenvalue weighted by Crippen LogP contribution is -2.56. The van der Waals surface area contributed by atoms with Crippen molar-refractivity contribution in [2.45, 2.75) is 615 Å². The Labute approximate surface area is 900 Å². The zero-order valence-corrected chi connectivity index (χ0v) is 105. The summed E-state index contributed by atoms with van der Waals surface area (Å²) < 4.78 is 5.81. The van der Waals surface area contributed by atoms with Gasteiger partial charge in [-0.1, -0.05) is 238 Å². The van der Waals surface area contributed by atoms with Crippen LogP contribution in [0.5, 0.6) is 0 Å². The largest absolute Gasteiger partial charge is 0.375 e. The lowest BCUT2D eigenvalue weighted by molar-refractivity contribution is -0.0238. The third kappa shape index (κ3) is 32.3. The van der Waals surface area contributed by atoms with E-state index >= 15 is 0 Å². The molecule has 12 saturated carbocycles. The second-order valence-electron chi connectivity index (χ2n) is 69.2. The number of likely N-dealkylation sites (tertiary alicyclic amines) is 1. The molecule has 8 nitrogen and oxygen atoms in total. The first-order valence-corrected chi connectivity index (χ1v) is 64.3. The van der Waals surface area contributed by atoms with Crippen LogP contribution in [0.4, 0.5) is 0 Å². The first-order valence-electron chi connectivity index (χ1n) is 64.3. The molecule has 27 aliphatic rings. The number of ether oxygens (including phenoxy) is 1. The molecule has 0 N–H and O–H groups in total. The molecule has 24 bridgehead atoms. The zero-order chi connectivity index (χ0) is 106. The number of rotatable bonds is 1. The quantitative estimate of drug-likeness (QED) is 0.257. The van der Waals surface area contributed by atoms with Gasteiger partial charge in [0.25, 0.3) is 0 Å². The fraction of sp³-hybridized carbons (Fsp3) is 1.00. The third-order valence-electron chi connectivity index (χ3n) is 45.9. The fourth-order valence-corrected chi connectivity index (χ4v) is 38.5. The minimum absolute atomic E-state index is 0.407. The van der Waals surface area contributed by atoms with E-state index in [-0.39, 0.29) is 0 Å². The highest BCUT2D eigenvalue weighted by Crippen LogP contribution is 2.60. The average Bonchev–Trinajstić information content (AvgIpc) is 1.59. The molecule has 0 radical (unpaired) electrons. The first kappa shape index (κ1) is 121. The van der Waals surface area contributed by atoms with Gasteiger partial charge in [-0.3, -0.25) is 14.7 Å². The molecule has 0 amide bonds. The van der Waals surface area contributed by atoms with Gasteiger partial charge in [-0.15, -0.1) is 0 Å². The van der Waals surface area contributed by atoms with Gasteiger partial charge < -0.3 is 24.3 Å². The Kier molecular flexibility index (Phi) is 40.4. The SMILES string of the molecule is CC(C)(C)C1C2CCCC1CC2.CC(C)(C)C1CC2CCC(C2)C1.CC(C)(C)C1CC2CCC1C2.CC(C)(C)C1CC2CCC1O2.CC(C)(C)CC1CC2CCC1C2.CC(C)(C)N1C2CCCC1CC2.CC(C)(C)N1CC2CC(C2)C1.CC(C)(C)N1CC2CCC1CC2.CN1C2CCC1C(C(C)(C)C)C2.CN1C2CCC1CC(C(C)(C)C)C2.CN1CC2CCC(C1)C2C(C)(C)C.CN1CC2CCC1CC2C(C)(C)C. The summed E-state index contributed by atoms with van der Waals surface area (Å²) in [5.41, 5.74) is 6.10. The van der Waals surface area contributed by atoms with Crippen LogP contribution in [0.15, 0.2) is 0 Å². The highest BCUT2D eigenvalue weighted by Gasteiger charge is 2.55. The molecule has 0 aromatic rings. The van der Waals surface area contributed by atoms with Gasteiger partial charge in [-0.05, 0) is 513 Å². The van der Waals surface area contributed by atoms with E-state index in [1.807, 2.05) is 0 Å². The summed E-state index contributed by atoms with van der Waals surface area (Å²) in [5, 5.41) is 0. The van der Waals surface area contributed by atoms with Gasteiger partial charge in [0.15, 0.2) is 0 Å². The summed E-state index contributed by atoms with van der Waals surface area (Å²) in [4.78, 5) is 18.5. The van der Waals surface area contributed by atoms with Crippen molar-refractivity contribution in [2.75, 3.05) is 67.5 Å². The van der Waals surface area contributed by atoms with E-state index in [9.17, 15) is 0 Å². The van der Waals surface area contributed by atoms with Crippen LogP contribution in [0, 0.1) is 185 Å². The van der Waals surface area contributed by atoms with Crippen molar-refractivity contribution in [2.24, 2.45) is 185 Å². The Morgan fingerprint density at radius 2 is 0.639 bits per heavy atom. The van der Waals surface area contributed by atoms with Crippen LogP contribution in [0.1, 0.15) is 538 Å². The number of piperidine rings is 9. The summed E-state index contributed by atoms with van der Waals surface area (Å²) in [6.07, 6.45) is 68.1. The maximum absolute atomic E-state index is 5.81. The summed E-state index contributed by atoms with van der Waals surface area (Å²) in [6.45, 7) is 94.2. The molecule has 15 heterocycles. The molecular weight excluding hydrogens is 1750 g/mol. The zero-order valence-electron chi connectivity index (χ0n) is 105. The number of hydrogen-bond donors (Lipinski definition) is 0. The average molecular weight is 2000 g/mol. The van der Waals surface area contributed by atoms with E-state index in [0.29, 0.717) is 77.6 Å². The standard InChI is InChI=1S/3C12H23N.3C12H22.3C11H21N.C11H20.C10H19N.C10H18O/c1-12(2,3)9-7-10-5-6-11(8-9)13(10)4;1-12(2,3)11-7-10-6-5-9(11)8-13(10)4;1-12(2,3)11-9-5-6-10(11)8-13(4)7-9;1-12(2,3)8-11-7-9-4-5-10(11)6-9;1-12(2,3)11-7-9-4-5-10(6-9)8-11;1-12(2,3)11-9-5-4-6-10(11)8-7-9;1-11(2,3)9-7-8-5-6-10(9)12(8)4;1-11(2,3)12-8-9-4-6-10(12)7-5-9;1-11(2,3)12-9-5-4-6-10(12)8-7-9;1-11(2,3)10-7-8-4-5-9(10)6-8;1-10(2,3)11-6-8-4-9(5-8)7-11;1-10(2,3)8-6-7-4-5-9(8)11-7/h3*9-11H,5-8H2,1-4H3;3*9-11H,4-8H2,1-3H3;8-10H,5-7H2,1-4H3;2*9-10H,4-8H2,1-3H3;8-10H,4-7H2,1-3H3;8-9H,4-7H2,1-3H3;7-9H,4-6H2,1-3H3. The predicted octanol–water partition coefficient (Wildman–Crippen LogP) is 36.0. The second kappa shape index (κ2) is 48.2. The van der Waals surface area contributed by atoms with Crippen LogP contribution in [0.3, 0.4) is 0 Å². The van der Waals surface area contributed by atoms with Gasteiger partial charge in [-0.2, -0.15) is 0 Å². The molecule has 840 valence electrons. The summed E-state index contributed by atoms with van der Waals surface area (Å²) >= 11 is 0. The maximum Gasteiger partial charge on any atom is 0.0613 e. The van der Waals surface area contributed by atoms with E-state index in [1.165, 1.54) is 290 Å². The van der Waals surface area contributed by atoms with Crippen molar-refractivity contribution in [3.05, 3.63) is 0 Å². The molecule has 25 unspecified atom stereocenters. The Morgan fingerprint density at radius 3 is 0.965 bits per heavy atom. The number of hydrogen-bond acceptors (Lipinski definition) is 8. The molecule has 12 aliphatic carbocycles. The molecule has 0 aromatic carbocycles. The van der Waals surface area contributed by atoms with Crippen molar-refractivity contribution in [3.63, 3.8) is 0 Å². The van der Waals surface area contributed by atoms with Crippen LogP contribution in [-0.4, -0.2) is 179 Å². The Bertz CT molecular complexity index is 3600. The summed E-state index contributed by atoms with van der Waals surface area (Å²) in [6, 6.07) is 7.27. The van der Waals surface area contributed by atoms with Gasteiger partial charge in [0.2, 0.25) is 0 Å². The molecule has 27 rings (SSSR count). The van der Waals surface area contributed by atoms with Crippen LogP contribution < -0.4 is 0 Å². The van der Waals surface area contributed by atoms with Crippen LogP contribution in [0.2, 0.25) is 0 Å². The molecule has 27 fully saturated rings. The maximum atomic E-state index is 5.81. The highest BCUT2D eigenvalue weighted by atomic mass is 16.5. The van der Waals surface area contributed by atoms with Crippen molar-refractivity contribution in [3.8, 4) is 0 Å². The lowest BCUT2D eigenvalue weighted by atomic mass is 9.62. The minimum Gasteiger partial charge on any atom is -0.375 e. The molecular formula is C136H255N7O. The van der Waals surface area contributed by atoms with Gasteiger partial charge in [0, 0.05) is 104 Å². The van der Waals surface area contributed by atoms with Gasteiger partial charge in [0.05, 0.1) is 12.2 Å². The van der Waals surface area contributed by atoms with Crippen molar-refractivity contribution in [1.29, 1.82) is 0 Å². The molecule has 8 heteroatoms. The van der Waals surface area contributed by atoms with Crippen molar-refractivity contribution < 1.29 is 4.74 Å². The molecule has 15 aliphatic heterocycles. The Hall–Kier alpha value is -0.320.